The molecule has 0 saturated heterocycles. The van der Waals surface area contributed by atoms with Gasteiger partial charge in [0.05, 0.1) is 5.75 Å². The van der Waals surface area contributed by atoms with Crippen LogP contribution in [-0.4, -0.2) is 18.5 Å². The number of nitrogens with two attached hydrogens (primary N) is 1. The Morgan fingerprint density at radius 2 is 2.00 bits per heavy atom. The summed E-state index contributed by atoms with van der Waals surface area (Å²) in [5, 5.41) is 3.40. The van der Waals surface area contributed by atoms with Crippen LogP contribution >= 0.6 is 11.5 Å². The molecule has 0 saturated carbocycles. The molecule has 108 valence electrons. The maximum atomic E-state index is 12.8. The molecule has 2 rings (SSSR count). The lowest BCUT2D eigenvalue weighted by atomic mass is 10.2. The van der Waals surface area contributed by atoms with Crippen molar-refractivity contribution in [2.24, 2.45) is 0 Å². The molecule has 0 radical (unpaired) electrons. The number of halogens is 1. The number of nitrogens with zero attached hydrogens (tertiary/aromatic N) is 1. The Hall–Kier alpha value is -1.67. The first-order chi connectivity index (χ1) is 9.44. The van der Waals surface area contributed by atoms with Crippen molar-refractivity contribution in [2.75, 3.05) is 16.8 Å². The van der Waals surface area contributed by atoms with Gasteiger partial charge >= 0.3 is 0 Å². The first-order valence-corrected chi connectivity index (χ1v) is 8.33. The quantitative estimate of drug-likeness (QED) is 0.884. The van der Waals surface area contributed by atoms with Crippen LogP contribution in [-0.2, 0) is 16.4 Å². The van der Waals surface area contributed by atoms with E-state index in [4.69, 9.17) is 5.73 Å². The molecule has 5 nitrogen and oxygen atoms in total. The molecule has 0 atom stereocenters. The predicted octanol–water partition coefficient (Wildman–Crippen LogP) is 2.27. The van der Waals surface area contributed by atoms with E-state index in [-0.39, 0.29) is 22.3 Å². The van der Waals surface area contributed by atoms with E-state index >= 15 is 0 Å². The summed E-state index contributed by atoms with van der Waals surface area (Å²) in [6, 6.07) is 5.95. The van der Waals surface area contributed by atoms with Crippen molar-refractivity contribution in [3.05, 3.63) is 35.6 Å². The molecule has 0 spiro atoms. The van der Waals surface area contributed by atoms with Crippen LogP contribution < -0.4 is 11.1 Å². The Balaban J connectivity index is 2.21. The number of sulfone groups is 1. The van der Waals surface area contributed by atoms with Crippen LogP contribution in [0.25, 0.3) is 0 Å². The molecular formula is C12H14FN3O2S2. The minimum Gasteiger partial charge on any atom is -0.382 e. The van der Waals surface area contributed by atoms with Crippen molar-refractivity contribution in [1.82, 2.24) is 4.37 Å². The number of nitrogens with one attached hydrogen (secondary N) is 1. The predicted molar refractivity (Wildman–Crippen MR) is 78.0 cm³/mol. The van der Waals surface area contributed by atoms with E-state index < -0.39 is 9.84 Å². The van der Waals surface area contributed by atoms with E-state index in [1.54, 1.807) is 19.1 Å². The lowest BCUT2D eigenvalue weighted by Crippen LogP contribution is -2.09. The monoisotopic (exact) mass is 315 g/mol. The molecule has 0 amide bonds. The molecule has 1 aromatic carbocycles. The molecule has 0 fully saturated rings. The van der Waals surface area contributed by atoms with Crippen LogP contribution in [0.2, 0.25) is 0 Å². The molecule has 0 bridgehead atoms. The van der Waals surface area contributed by atoms with Gasteiger partial charge in [-0.1, -0.05) is 19.1 Å². The molecule has 1 heterocycles. The summed E-state index contributed by atoms with van der Waals surface area (Å²) in [6.45, 7) is 1.92. The Morgan fingerprint density at radius 3 is 2.60 bits per heavy atom. The largest absolute Gasteiger partial charge is 0.382 e. The number of benzene rings is 1. The molecule has 20 heavy (non-hydrogen) atoms. The first-order valence-electron chi connectivity index (χ1n) is 5.90. The molecule has 3 N–H and O–H groups in total. The fourth-order valence-corrected chi connectivity index (χ4v) is 3.80. The number of hydrogen-bond acceptors (Lipinski definition) is 6. The van der Waals surface area contributed by atoms with E-state index in [9.17, 15) is 12.8 Å². The second-order valence-corrected chi connectivity index (χ2v) is 7.10. The Morgan fingerprint density at radius 1 is 1.35 bits per heavy atom. The van der Waals surface area contributed by atoms with Crippen molar-refractivity contribution in [2.45, 2.75) is 18.4 Å². The summed E-state index contributed by atoms with van der Waals surface area (Å²) >= 11 is 1.00. The normalized spacial score (nSPS) is 11.5. The Bertz CT molecular complexity index is 696. The lowest BCUT2D eigenvalue weighted by Gasteiger charge is -2.07. The SMILES string of the molecule is CCS(=O)(=O)c1c(N)nsc1NCc1ccc(F)cc1. The Kier molecular flexibility index (Phi) is 4.24. The summed E-state index contributed by atoms with van der Waals surface area (Å²) in [7, 11) is -3.43. The zero-order chi connectivity index (χ0) is 14.8. The highest BCUT2D eigenvalue weighted by atomic mass is 32.2. The van der Waals surface area contributed by atoms with E-state index in [1.807, 2.05) is 0 Å². The molecule has 0 aliphatic heterocycles. The van der Waals surface area contributed by atoms with Gasteiger partial charge in [-0.3, -0.25) is 0 Å². The van der Waals surface area contributed by atoms with Crippen molar-refractivity contribution < 1.29 is 12.8 Å². The van der Waals surface area contributed by atoms with Gasteiger partial charge < -0.3 is 11.1 Å². The van der Waals surface area contributed by atoms with Gasteiger partial charge in [0.25, 0.3) is 0 Å². The fourth-order valence-electron chi connectivity index (χ4n) is 1.64. The lowest BCUT2D eigenvalue weighted by molar-refractivity contribution is 0.598. The number of rotatable bonds is 5. The summed E-state index contributed by atoms with van der Waals surface area (Å²) in [6.07, 6.45) is 0. The summed E-state index contributed by atoms with van der Waals surface area (Å²) in [5.41, 5.74) is 6.45. The van der Waals surface area contributed by atoms with E-state index in [1.165, 1.54) is 12.1 Å². The second-order valence-electron chi connectivity index (χ2n) is 4.11. The third-order valence-electron chi connectivity index (χ3n) is 2.73. The Labute approximate surface area is 120 Å². The van der Waals surface area contributed by atoms with Gasteiger partial charge in [-0.25, -0.2) is 12.8 Å². The standard InChI is InChI=1S/C12H14FN3O2S2/c1-2-20(17,18)10-11(14)16-19-12(10)15-7-8-3-5-9(13)6-4-8/h3-6,15H,2,7H2,1H3,(H2,14,16). The van der Waals surface area contributed by atoms with Gasteiger partial charge in [-0.15, -0.1) is 0 Å². The number of nitrogen functional groups attached to an aromatic ring is 1. The first kappa shape index (κ1) is 14.7. The highest BCUT2D eigenvalue weighted by molar-refractivity contribution is 7.91. The average Bonchev–Trinajstić information content (AvgIpc) is 2.80. The van der Waals surface area contributed by atoms with Crippen molar-refractivity contribution in [3.8, 4) is 0 Å². The molecule has 2 aromatic rings. The summed E-state index contributed by atoms with van der Waals surface area (Å²) in [4.78, 5) is 0.0483. The number of aromatic nitrogens is 1. The zero-order valence-corrected chi connectivity index (χ0v) is 12.4. The van der Waals surface area contributed by atoms with Crippen molar-refractivity contribution in [1.29, 1.82) is 0 Å². The van der Waals surface area contributed by atoms with Gasteiger partial charge in [0.15, 0.2) is 15.7 Å². The van der Waals surface area contributed by atoms with Gasteiger partial charge in [-0.2, -0.15) is 4.37 Å². The molecule has 1 aromatic heterocycles. The van der Waals surface area contributed by atoms with Crippen LogP contribution in [0, 0.1) is 5.82 Å². The minimum absolute atomic E-state index is 0.0125. The van der Waals surface area contributed by atoms with Gasteiger partial charge in [0.2, 0.25) is 0 Å². The van der Waals surface area contributed by atoms with Crippen LogP contribution in [0.5, 0.6) is 0 Å². The second kappa shape index (κ2) is 5.76. The third-order valence-corrected chi connectivity index (χ3v) is 5.48. The fraction of sp³-hybridized carbons (Fsp3) is 0.250. The molecular weight excluding hydrogens is 301 g/mol. The van der Waals surface area contributed by atoms with Crippen LogP contribution in [0.4, 0.5) is 15.2 Å². The highest BCUT2D eigenvalue weighted by Crippen LogP contribution is 2.32. The van der Waals surface area contributed by atoms with E-state index in [2.05, 4.69) is 9.69 Å². The van der Waals surface area contributed by atoms with Crippen molar-refractivity contribution >= 4 is 32.2 Å². The smallest absolute Gasteiger partial charge is 0.184 e. The number of hydrogen-bond donors (Lipinski definition) is 2. The van der Waals surface area contributed by atoms with Crippen LogP contribution in [0.1, 0.15) is 12.5 Å². The van der Waals surface area contributed by atoms with Crippen molar-refractivity contribution in [3.63, 3.8) is 0 Å². The third kappa shape index (κ3) is 3.07. The summed E-state index contributed by atoms with van der Waals surface area (Å²) in [5.74, 6) is -0.343. The van der Waals surface area contributed by atoms with E-state index in [0.29, 0.717) is 11.5 Å². The molecule has 0 unspecified atom stereocenters. The molecule has 0 aliphatic carbocycles. The van der Waals surface area contributed by atoms with Gasteiger partial charge in [-0.05, 0) is 29.2 Å². The maximum Gasteiger partial charge on any atom is 0.184 e. The van der Waals surface area contributed by atoms with Gasteiger partial charge in [0.1, 0.15) is 15.7 Å². The molecule has 0 aliphatic rings. The van der Waals surface area contributed by atoms with Crippen LogP contribution in [0.3, 0.4) is 0 Å². The summed E-state index contributed by atoms with van der Waals surface area (Å²) < 4.78 is 40.6. The van der Waals surface area contributed by atoms with Crippen LogP contribution in [0.15, 0.2) is 29.2 Å². The van der Waals surface area contributed by atoms with Gasteiger partial charge in [0, 0.05) is 6.54 Å². The number of anilines is 2. The zero-order valence-electron chi connectivity index (χ0n) is 10.8. The maximum absolute atomic E-state index is 12.8. The van der Waals surface area contributed by atoms with E-state index in [0.717, 1.165) is 17.1 Å². The molecule has 8 heteroatoms. The highest BCUT2D eigenvalue weighted by Gasteiger charge is 2.23. The topological polar surface area (TPSA) is 85.1 Å². The minimum atomic E-state index is -3.43. The average molecular weight is 315 g/mol.